The van der Waals surface area contributed by atoms with E-state index < -0.39 is 23.4 Å². The molecule has 2 heterocycles. The predicted molar refractivity (Wildman–Crippen MR) is 118 cm³/mol. The van der Waals surface area contributed by atoms with Crippen molar-refractivity contribution in [3.05, 3.63) is 89.5 Å². The van der Waals surface area contributed by atoms with E-state index in [1.165, 1.54) is 12.3 Å². The van der Waals surface area contributed by atoms with E-state index in [9.17, 15) is 18.4 Å². The molecule has 1 aliphatic rings. The maximum absolute atomic E-state index is 13.7. The maximum Gasteiger partial charge on any atom is 0.278 e. The highest BCUT2D eigenvalue weighted by Gasteiger charge is 2.39. The van der Waals surface area contributed by atoms with Crippen LogP contribution in [0.4, 0.5) is 14.5 Å². The summed E-state index contributed by atoms with van der Waals surface area (Å²) in [7, 11) is 0. The Morgan fingerprint density at radius 2 is 1.76 bits per heavy atom. The van der Waals surface area contributed by atoms with Crippen LogP contribution in [-0.2, 0) is 16.1 Å². The third kappa shape index (κ3) is 4.79. The smallest absolute Gasteiger partial charge is 0.278 e. The van der Waals surface area contributed by atoms with Gasteiger partial charge in [-0.3, -0.25) is 14.5 Å². The fraction of sp³-hybridized carbons (Fsp3) is 0.200. The van der Waals surface area contributed by atoms with Gasteiger partial charge < -0.3 is 14.5 Å². The van der Waals surface area contributed by atoms with Crippen LogP contribution in [0.3, 0.4) is 0 Å². The van der Waals surface area contributed by atoms with E-state index in [2.05, 4.69) is 5.32 Å². The van der Waals surface area contributed by atoms with E-state index in [0.29, 0.717) is 29.6 Å². The van der Waals surface area contributed by atoms with Gasteiger partial charge in [-0.15, -0.1) is 0 Å². The van der Waals surface area contributed by atoms with Crippen LogP contribution in [0.5, 0.6) is 5.75 Å². The van der Waals surface area contributed by atoms with Crippen molar-refractivity contribution < 1.29 is 27.5 Å². The Morgan fingerprint density at radius 1 is 1.00 bits per heavy atom. The molecule has 3 aromatic rings. The highest BCUT2D eigenvalue weighted by molar-refractivity contribution is 6.36. The average molecular weight is 452 g/mol. The molecule has 170 valence electrons. The molecule has 0 saturated carbocycles. The Morgan fingerprint density at radius 3 is 2.39 bits per heavy atom. The molecule has 2 aromatic carbocycles. The summed E-state index contributed by atoms with van der Waals surface area (Å²) in [4.78, 5) is 27.5. The molecule has 6 nitrogen and oxygen atoms in total. The molecule has 1 aromatic heterocycles. The zero-order valence-electron chi connectivity index (χ0n) is 18.1. The minimum absolute atomic E-state index is 0.0339. The Bertz CT molecular complexity index is 1200. The van der Waals surface area contributed by atoms with Crippen LogP contribution in [0.25, 0.3) is 5.57 Å². The summed E-state index contributed by atoms with van der Waals surface area (Å²) in [6.45, 7) is 4.55. The second-order valence-corrected chi connectivity index (χ2v) is 8.01. The van der Waals surface area contributed by atoms with Crippen molar-refractivity contribution >= 4 is 23.1 Å². The summed E-state index contributed by atoms with van der Waals surface area (Å²) >= 11 is 0. The molecular formula is C25H22F2N2O4. The molecule has 0 fully saturated rings. The van der Waals surface area contributed by atoms with Gasteiger partial charge in [-0.1, -0.05) is 26.0 Å². The molecule has 0 radical (unpaired) electrons. The van der Waals surface area contributed by atoms with Crippen molar-refractivity contribution in [3.63, 3.8) is 0 Å². The van der Waals surface area contributed by atoms with Crippen molar-refractivity contribution in [2.75, 3.05) is 11.9 Å². The lowest BCUT2D eigenvalue weighted by atomic mass is 10.0. The maximum atomic E-state index is 13.7. The lowest BCUT2D eigenvalue weighted by Crippen LogP contribution is -2.31. The first-order chi connectivity index (χ1) is 15.8. The number of amides is 2. The second-order valence-electron chi connectivity index (χ2n) is 8.01. The summed E-state index contributed by atoms with van der Waals surface area (Å²) in [6.07, 6.45) is 1.45. The van der Waals surface area contributed by atoms with Gasteiger partial charge in [0.2, 0.25) is 0 Å². The Labute approximate surface area is 189 Å². The molecule has 33 heavy (non-hydrogen) atoms. The van der Waals surface area contributed by atoms with E-state index >= 15 is 0 Å². The summed E-state index contributed by atoms with van der Waals surface area (Å²) < 4.78 is 38.1. The molecule has 0 unspecified atom stereocenters. The van der Waals surface area contributed by atoms with E-state index in [-0.39, 0.29) is 23.5 Å². The van der Waals surface area contributed by atoms with Crippen LogP contribution >= 0.6 is 0 Å². The zero-order valence-corrected chi connectivity index (χ0v) is 18.1. The number of furan rings is 1. The predicted octanol–water partition coefficient (Wildman–Crippen LogP) is 4.98. The molecule has 1 aliphatic heterocycles. The number of halogens is 2. The first kappa shape index (κ1) is 22.3. The number of rotatable bonds is 8. The van der Waals surface area contributed by atoms with Gasteiger partial charge in [0, 0.05) is 11.8 Å². The first-order valence-electron chi connectivity index (χ1n) is 10.4. The van der Waals surface area contributed by atoms with Gasteiger partial charge in [-0.05, 0) is 47.9 Å². The van der Waals surface area contributed by atoms with Crippen molar-refractivity contribution in [1.29, 1.82) is 0 Å². The number of imide groups is 1. The Balaban J connectivity index is 1.69. The van der Waals surface area contributed by atoms with Gasteiger partial charge in [-0.2, -0.15) is 0 Å². The Hall–Kier alpha value is -3.94. The number of ether oxygens (including phenoxy) is 1. The van der Waals surface area contributed by atoms with Gasteiger partial charge in [0.05, 0.1) is 25.0 Å². The first-order valence-corrected chi connectivity index (χ1v) is 10.4. The van der Waals surface area contributed by atoms with Crippen molar-refractivity contribution in [2.24, 2.45) is 5.92 Å². The number of carbonyl (C=O) groups excluding carboxylic acids is 2. The number of hydrogen-bond donors (Lipinski definition) is 1. The van der Waals surface area contributed by atoms with Crippen LogP contribution in [0.15, 0.2) is 71.0 Å². The van der Waals surface area contributed by atoms with Crippen molar-refractivity contribution in [2.45, 2.75) is 20.4 Å². The third-order valence-corrected chi connectivity index (χ3v) is 4.98. The molecule has 4 rings (SSSR count). The molecular weight excluding hydrogens is 430 g/mol. The van der Waals surface area contributed by atoms with Crippen molar-refractivity contribution in [3.8, 4) is 5.75 Å². The minimum Gasteiger partial charge on any atom is -0.493 e. The molecule has 0 saturated heterocycles. The quantitative estimate of drug-likeness (QED) is 0.488. The number of nitrogens with one attached hydrogen (secondary N) is 1. The van der Waals surface area contributed by atoms with Gasteiger partial charge in [0.15, 0.2) is 11.6 Å². The number of benzene rings is 2. The number of nitrogens with zero attached hydrogens (tertiary/aromatic N) is 1. The summed E-state index contributed by atoms with van der Waals surface area (Å²) in [5, 5.41) is 2.80. The van der Waals surface area contributed by atoms with Crippen LogP contribution in [0.1, 0.15) is 25.2 Å². The summed E-state index contributed by atoms with van der Waals surface area (Å²) in [5.41, 5.74) is 0.705. The normalized spacial score (nSPS) is 13.9. The number of hydrogen-bond acceptors (Lipinski definition) is 5. The average Bonchev–Trinajstić information content (AvgIpc) is 3.38. The highest BCUT2D eigenvalue weighted by Crippen LogP contribution is 2.32. The summed E-state index contributed by atoms with van der Waals surface area (Å²) in [6, 6.07) is 13.3. The van der Waals surface area contributed by atoms with Gasteiger partial charge in [0.25, 0.3) is 11.8 Å². The van der Waals surface area contributed by atoms with E-state index in [1.807, 2.05) is 13.8 Å². The van der Waals surface area contributed by atoms with Crippen LogP contribution in [0, 0.1) is 17.6 Å². The molecule has 8 heteroatoms. The van der Waals surface area contributed by atoms with Gasteiger partial charge in [0.1, 0.15) is 17.2 Å². The summed E-state index contributed by atoms with van der Waals surface area (Å²) in [5.74, 6) is -1.80. The lowest BCUT2D eigenvalue weighted by molar-refractivity contribution is -0.137. The second kappa shape index (κ2) is 9.28. The molecule has 1 N–H and O–H groups in total. The van der Waals surface area contributed by atoms with E-state index in [0.717, 1.165) is 17.0 Å². The van der Waals surface area contributed by atoms with Crippen molar-refractivity contribution in [1.82, 2.24) is 4.90 Å². The molecule has 0 bridgehead atoms. The zero-order chi connectivity index (χ0) is 23.5. The monoisotopic (exact) mass is 452 g/mol. The largest absolute Gasteiger partial charge is 0.493 e. The highest BCUT2D eigenvalue weighted by atomic mass is 19.2. The number of carbonyl (C=O) groups is 2. The van der Waals surface area contributed by atoms with Gasteiger partial charge >= 0.3 is 0 Å². The SMILES string of the molecule is CC(C)COc1ccc(C2=C(Nc3ccc(F)c(F)c3)C(=O)N(Cc3ccco3)C2=O)cc1. The molecule has 0 aliphatic carbocycles. The third-order valence-electron chi connectivity index (χ3n) is 4.98. The molecule has 0 spiro atoms. The minimum atomic E-state index is -1.07. The Kier molecular flexibility index (Phi) is 6.26. The van der Waals surface area contributed by atoms with E-state index in [1.54, 1.807) is 36.4 Å². The lowest BCUT2D eigenvalue weighted by Gasteiger charge is -2.13. The topological polar surface area (TPSA) is 71.8 Å². The van der Waals surface area contributed by atoms with E-state index in [4.69, 9.17) is 9.15 Å². The molecule has 0 atom stereocenters. The van der Waals surface area contributed by atoms with Crippen LogP contribution in [0.2, 0.25) is 0 Å². The molecule has 2 amide bonds. The number of anilines is 1. The standard InChI is InChI=1S/C25H22F2N2O4/c1-15(2)14-33-18-8-5-16(6-9-18)22-23(28-17-7-10-20(26)21(27)12-17)25(31)29(24(22)30)13-19-4-3-11-32-19/h3-12,15,28H,13-14H2,1-2H3. The fourth-order valence-corrected chi connectivity index (χ4v) is 3.36. The fourth-order valence-electron chi connectivity index (χ4n) is 3.36. The van der Waals surface area contributed by atoms with Crippen LogP contribution in [-0.4, -0.2) is 23.3 Å². The van der Waals surface area contributed by atoms with Crippen LogP contribution < -0.4 is 10.1 Å². The van der Waals surface area contributed by atoms with Gasteiger partial charge in [-0.25, -0.2) is 8.78 Å².